The molecule has 0 saturated carbocycles. The minimum absolute atomic E-state index is 0.0913. The van der Waals surface area contributed by atoms with Crippen LogP contribution in [-0.4, -0.2) is 27.2 Å². The molecule has 1 aliphatic heterocycles. The van der Waals surface area contributed by atoms with Crippen LogP contribution in [0.3, 0.4) is 0 Å². The predicted molar refractivity (Wildman–Crippen MR) is 122 cm³/mol. The molecular weight excluding hydrogens is 390 g/mol. The summed E-state index contributed by atoms with van der Waals surface area (Å²) in [5, 5.41) is 3.40. The van der Waals surface area contributed by atoms with E-state index in [1.807, 2.05) is 66.1 Å². The molecule has 0 radical (unpaired) electrons. The van der Waals surface area contributed by atoms with Gasteiger partial charge in [0.25, 0.3) is 0 Å². The molecule has 0 aliphatic carbocycles. The summed E-state index contributed by atoms with van der Waals surface area (Å²) in [5.41, 5.74) is 9.29. The molecule has 1 atom stereocenters. The van der Waals surface area contributed by atoms with Gasteiger partial charge in [-0.1, -0.05) is 18.2 Å². The number of fused-ring (bicyclic) bond motifs is 1. The monoisotopic (exact) mass is 415 g/mol. The number of piperidine rings is 1. The minimum Gasteiger partial charge on any atom is -0.457 e. The lowest BCUT2D eigenvalue weighted by molar-refractivity contribution is 0.370. The van der Waals surface area contributed by atoms with Crippen LogP contribution in [0.25, 0.3) is 16.7 Å². The summed E-state index contributed by atoms with van der Waals surface area (Å²) >= 11 is 0. The highest BCUT2D eigenvalue weighted by Crippen LogP contribution is 2.30. The Bertz CT molecular complexity index is 1290. The van der Waals surface area contributed by atoms with Crippen LogP contribution in [0.15, 0.2) is 65.6 Å². The average molecular weight is 415 g/mol. The highest BCUT2D eigenvalue weighted by molar-refractivity contribution is 5.87. The van der Waals surface area contributed by atoms with E-state index < -0.39 is 0 Å². The number of ether oxygens (including phenoxy) is 1. The van der Waals surface area contributed by atoms with Crippen LogP contribution in [-0.2, 0) is 0 Å². The van der Waals surface area contributed by atoms with Crippen LogP contribution in [0.1, 0.15) is 24.4 Å². The number of hydrogen-bond acceptors (Lipinski definition) is 5. The maximum absolute atomic E-state index is 13.6. The van der Waals surface area contributed by atoms with Crippen molar-refractivity contribution in [3.05, 3.63) is 76.8 Å². The molecule has 4 aromatic rings. The topological polar surface area (TPSA) is 87.1 Å². The number of nitrogen functional groups attached to an aromatic ring is 1. The number of nitrogens with two attached hydrogens (primary N) is 1. The fourth-order valence-electron chi connectivity index (χ4n) is 4.34. The Kier molecular flexibility index (Phi) is 4.95. The van der Waals surface area contributed by atoms with Gasteiger partial charge in [0.1, 0.15) is 22.8 Å². The normalized spacial score (nSPS) is 16.5. The van der Waals surface area contributed by atoms with E-state index in [1.165, 1.54) is 0 Å². The molecule has 2 aromatic heterocycles. The number of nitrogens with one attached hydrogen (secondary N) is 1. The molecule has 1 saturated heterocycles. The fourth-order valence-corrected chi connectivity index (χ4v) is 4.34. The third kappa shape index (κ3) is 3.47. The number of hydrogen-bond donors (Lipinski definition) is 2. The third-order valence-corrected chi connectivity index (χ3v) is 5.84. The van der Waals surface area contributed by atoms with Gasteiger partial charge in [-0.2, -0.15) is 0 Å². The number of aryl methyl sites for hydroxylation is 1. The quantitative estimate of drug-likeness (QED) is 0.529. The molecule has 7 nitrogen and oxygen atoms in total. The predicted octanol–water partition coefficient (Wildman–Crippen LogP) is 3.79. The third-order valence-electron chi connectivity index (χ3n) is 5.84. The van der Waals surface area contributed by atoms with E-state index in [0.29, 0.717) is 11.3 Å². The van der Waals surface area contributed by atoms with Crippen molar-refractivity contribution in [3.63, 3.8) is 0 Å². The van der Waals surface area contributed by atoms with Crippen molar-refractivity contribution in [1.82, 2.24) is 19.4 Å². The van der Waals surface area contributed by atoms with Crippen molar-refractivity contribution in [2.75, 3.05) is 18.8 Å². The standard InChI is InChI=1S/C24H25N5O2/c1-16-14-17(9-10-21(16)31-19-7-3-2-4-8-19)29-22-20(11-13-27-23(22)25)28(24(29)30)18-6-5-12-26-15-18/h2-4,7-11,13-14,18,26H,5-6,12,15H2,1H3,(H2,25,27)/t18-/m1/s1. The molecule has 0 unspecified atom stereocenters. The summed E-state index contributed by atoms with van der Waals surface area (Å²) in [6.45, 7) is 3.72. The molecule has 3 N–H and O–H groups in total. The first-order chi connectivity index (χ1) is 15.1. The van der Waals surface area contributed by atoms with E-state index in [2.05, 4.69) is 10.3 Å². The zero-order valence-electron chi connectivity index (χ0n) is 17.4. The molecule has 5 rings (SSSR count). The van der Waals surface area contributed by atoms with Crippen molar-refractivity contribution in [2.24, 2.45) is 0 Å². The second-order valence-corrected chi connectivity index (χ2v) is 7.92. The van der Waals surface area contributed by atoms with Crippen LogP contribution in [0.5, 0.6) is 11.5 Å². The molecule has 7 heteroatoms. The van der Waals surface area contributed by atoms with Gasteiger partial charge in [0, 0.05) is 12.7 Å². The lowest BCUT2D eigenvalue weighted by Gasteiger charge is -2.23. The minimum atomic E-state index is -0.0977. The smallest absolute Gasteiger partial charge is 0.334 e. The van der Waals surface area contributed by atoms with Crippen molar-refractivity contribution in [1.29, 1.82) is 0 Å². The Labute approximate surface area is 180 Å². The van der Waals surface area contributed by atoms with E-state index in [-0.39, 0.29) is 11.7 Å². The largest absolute Gasteiger partial charge is 0.457 e. The Morgan fingerprint density at radius 2 is 2.00 bits per heavy atom. The molecule has 0 amide bonds. The number of imidazole rings is 1. The van der Waals surface area contributed by atoms with Crippen LogP contribution < -0.4 is 21.5 Å². The summed E-state index contributed by atoms with van der Waals surface area (Å²) in [6, 6.07) is 17.3. The second kappa shape index (κ2) is 7.92. The number of nitrogens with zero attached hydrogens (tertiary/aromatic N) is 3. The maximum Gasteiger partial charge on any atom is 0.334 e. The van der Waals surface area contributed by atoms with Crippen LogP contribution in [0.2, 0.25) is 0 Å². The number of pyridine rings is 1. The van der Waals surface area contributed by atoms with Gasteiger partial charge in [-0.25, -0.2) is 9.78 Å². The number of para-hydroxylation sites is 1. The zero-order valence-corrected chi connectivity index (χ0v) is 17.4. The maximum atomic E-state index is 13.6. The number of benzene rings is 2. The number of rotatable bonds is 4. The number of aromatic nitrogens is 3. The molecule has 0 bridgehead atoms. The Balaban J connectivity index is 1.62. The summed E-state index contributed by atoms with van der Waals surface area (Å²) < 4.78 is 9.54. The summed E-state index contributed by atoms with van der Waals surface area (Å²) in [4.78, 5) is 17.9. The van der Waals surface area contributed by atoms with Gasteiger partial charge in [-0.05, 0) is 68.3 Å². The van der Waals surface area contributed by atoms with Gasteiger partial charge in [0.05, 0.1) is 17.2 Å². The van der Waals surface area contributed by atoms with Crippen LogP contribution in [0, 0.1) is 6.92 Å². The Morgan fingerprint density at radius 1 is 1.16 bits per heavy atom. The summed E-state index contributed by atoms with van der Waals surface area (Å²) in [5.74, 6) is 1.86. The van der Waals surface area contributed by atoms with Gasteiger partial charge in [-0.15, -0.1) is 0 Å². The van der Waals surface area contributed by atoms with Gasteiger partial charge >= 0.3 is 5.69 Å². The van der Waals surface area contributed by atoms with Crippen molar-refractivity contribution < 1.29 is 4.74 Å². The molecule has 158 valence electrons. The fraction of sp³-hybridized carbons (Fsp3) is 0.250. The van der Waals surface area contributed by atoms with Crippen molar-refractivity contribution >= 4 is 16.9 Å². The molecule has 1 fully saturated rings. The molecule has 1 aliphatic rings. The van der Waals surface area contributed by atoms with Gasteiger partial charge in [-0.3, -0.25) is 9.13 Å². The van der Waals surface area contributed by atoms with E-state index in [0.717, 1.165) is 54.2 Å². The molecule has 3 heterocycles. The highest BCUT2D eigenvalue weighted by atomic mass is 16.5. The SMILES string of the molecule is Cc1cc(-n2c(=O)n([C@@H]3CCCNC3)c3ccnc(N)c32)ccc1Oc1ccccc1. The average Bonchev–Trinajstić information content (AvgIpc) is 3.09. The van der Waals surface area contributed by atoms with E-state index >= 15 is 0 Å². The van der Waals surface area contributed by atoms with Gasteiger partial charge in [0.15, 0.2) is 0 Å². The van der Waals surface area contributed by atoms with E-state index in [4.69, 9.17) is 10.5 Å². The molecule has 2 aromatic carbocycles. The van der Waals surface area contributed by atoms with Crippen molar-refractivity contribution in [2.45, 2.75) is 25.8 Å². The first-order valence-corrected chi connectivity index (χ1v) is 10.6. The first kappa shape index (κ1) is 19.4. The van der Waals surface area contributed by atoms with Crippen LogP contribution >= 0.6 is 0 Å². The zero-order chi connectivity index (χ0) is 21.4. The number of anilines is 1. The van der Waals surface area contributed by atoms with Gasteiger partial charge in [0.2, 0.25) is 0 Å². The molecule has 0 spiro atoms. The van der Waals surface area contributed by atoms with E-state index in [1.54, 1.807) is 10.8 Å². The second-order valence-electron chi connectivity index (χ2n) is 7.92. The lowest BCUT2D eigenvalue weighted by atomic mass is 10.1. The summed E-state index contributed by atoms with van der Waals surface area (Å²) in [7, 11) is 0. The van der Waals surface area contributed by atoms with Crippen molar-refractivity contribution in [3.8, 4) is 17.2 Å². The van der Waals surface area contributed by atoms with E-state index in [9.17, 15) is 4.79 Å². The highest BCUT2D eigenvalue weighted by Gasteiger charge is 2.24. The molecule has 31 heavy (non-hydrogen) atoms. The Hall–Kier alpha value is -3.58. The lowest BCUT2D eigenvalue weighted by Crippen LogP contribution is -2.36. The molecular formula is C24H25N5O2. The van der Waals surface area contributed by atoms with Crippen LogP contribution in [0.4, 0.5) is 5.82 Å². The summed E-state index contributed by atoms with van der Waals surface area (Å²) in [6.07, 6.45) is 3.66. The van der Waals surface area contributed by atoms with Gasteiger partial charge < -0.3 is 15.8 Å². The Morgan fingerprint density at radius 3 is 2.74 bits per heavy atom. The first-order valence-electron chi connectivity index (χ1n) is 10.6.